The molecule has 1 saturated carbocycles. The summed E-state index contributed by atoms with van der Waals surface area (Å²) in [7, 11) is 0. The van der Waals surface area contributed by atoms with Gasteiger partial charge in [-0.2, -0.15) is 0 Å². The predicted octanol–water partition coefficient (Wildman–Crippen LogP) is 3.08. The number of hydrogen-bond acceptors (Lipinski definition) is 4. The molecule has 1 aliphatic rings. The summed E-state index contributed by atoms with van der Waals surface area (Å²) in [5, 5.41) is 14.4. The third-order valence-corrected chi connectivity index (χ3v) is 5.57. The molecule has 19 heavy (non-hydrogen) atoms. The van der Waals surface area contributed by atoms with Crippen molar-refractivity contribution in [1.82, 2.24) is 10.3 Å². The predicted molar refractivity (Wildman–Crippen MR) is 83.5 cm³/mol. The summed E-state index contributed by atoms with van der Waals surface area (Å²) < 4.78 is 1.02. The Bertz CT molecular complexity index is 426. The minimum absolute atomic E-state index is 0.171. The van der Waals surface area contributed by atoms with Gasteiger partial charge in [0.05, 0.1) is 12.1 Å². The SMILES string of the molecule is CC(C)NC(CO)(CSc1ncccc1Br)C1CC1. The minimum Gasteiger partial charge on any atom is -0.394 e. The van der Waals surface area contributed by atoms with Crippen molar-refractivity contribution in [3.05, 3.63) is 22.8 Å². The van der Waals surface area contributed by atoms with Crippen LogP contribution in [0.2, 0.25) is 0 Å². The first-order chi connectivity index (χ1) is 9.07. The zero-order chi connectivity index (χ0) is 13.9. The largest absolute Gasteiger partial charge is 0.394 e. The third-order valence-electron chi connectivity index (χ3n) is 3.41. The van der Waals surface area contributed by atoms with Crippen LogP contribution in [0.1, 0.15) is 26.7 Å². The second-order valence-corrected chi connectivity index (χ2v) is 7.29. The van der Waals surface area contributed by atoms with Crippen LogP contribution in [-0.4, -0.2) is 34.0 Å². The quantitative estimate of drug-likeness (QED) is 0.746. The number of aliphatic hydroxyl groups excluding tert-OH is 1. The first-order valence-electron chi connectivity index (χ1n) is 6.69. The number of halogens is 1. The molecular weight excluding hydrogens is 324 g/mol. The normalized spacial score (nSPS) is 18.6. The molecule has 0 saturated heterocycles. The number of hydrogen-bond donors (Lipinski definition) is 2. The molecule has 1 atom stereocenters. The van der Waals surface area contributed by atoms with E-state index in [1.165, 1.54) is 12.8 Å². The van der Waals surface area contributed by atoms with Crippen LogP contribution in [0.15, 0.2) is 27.8 Å². The highest BCUT2D eigenvalue weighted by Crippen LogP contribution is 2.42. The fourth-order valence-corrected chi connectivity index (χ4v) is 4.13. The molecule has 1 aromatic rings. The summed E-state index contributed by atoms with van der Waals surface area (Å²) in [6.07, 6.45) is 4.23. The van der Waals surface area contributed by atoms with Gasteiger partial charge >= 0.3 is 0 Å². The molecule has 1 unspecified atom stereocenters. The molecule has 0 amide bonds. The van der Waals surface area contributed by atoms with Crippen molar-refractivity contribution in [3.8, 4) is 0 Å². The van der Waals surface area contributed by atoms with Gasteiger partial charge in [-0.05, 0) is 46.8 Å². The topological polar surface area (TPSA) is 45.1 Å². The summed E-state index contributed by atoms with van der Waals surface area (Å²) in [4.78, 5) is 4.38. The number of nitrogens with one attached hydrogen (secondary N) is 1. The smallest absolute Gasteiger partial charge is 0.110 e. The van der Waals surface area contributed by atoms with Crippen LogP contribution < -0.4 is 5.32 Å². The molecule has 0 radical (unpaired) electrons. The summed E-state index contributed by atoms with van der Waals surface area (Å²) in [5.41, 5.74) is -0.171. The highest BCUT2D eigenvalue weighted by atomic mass is 79.9. The van der Waals surface area contributed by atoms with Gasteiger partial charge in [0.25, 0.3) is 0 Å². The summed E-state index contributed by atoms with van der Waals surface area (Å²) >= 11 is 5.23. The maximum absolute atomic E-state index is 9.88. The van der Waals surface area contributed by atoms with E-state index in [2.05, 4.69) is 40.1 Å². The zero-order valence-corrected chi connectivity index (χ0v) is 13.8. The number of pyridine rings is 1. The summed E-state index contributed by atoms with van der Waals surface area (Å²) in [5.74, 6) is 1.44. The van der Waals surface area contributed by atoms with Crippen molar-refractivity contribution in [1.29, 1.82) is 0 Å². The lowest BCUT2D eigenvalue weighted by Crippen LogP contribution is -2.55. The Kier molecular flexibility index (Phi) is 5.29. The van der Waals surface area contributed by atoms with Crippen molar-refractivity contribution >= 4 is 27.7 Å². The van der Waals surface area contributed by atoms with Crippen LogP contribution >= 0.6 is 27.7 Å². The highest BCUT2D eigenvalue weighted by molar-refractivity contribution is 9.10. The monoisotopic (exact) mass is 344 g/mol. The molecular formula is C14H21BrN2OS. The van der Waals surface area contributed by atoms with Gasteiger partial charge < -0.3 is 10.4 Å². The van der Waals surface area contributed by atoms with Crippen molar-refractivity contribution in [3.63, 3.8) is 0 Å². The van der Waals surface area contributed by atoms with E-state index in [4.69, 9.17) is 0 Å². The Balaban J connectivity index is 2.06. The van der Waals surface area contributed by atoms with Gasteiger partial charge in [-0.15, -0.1) is 11.8 Å². The van der Waals surface area contributed by atoms with E-state index in [9.17, 15) is 5.11 Å². The van der Waals surface area contributed by atoms with E-state index in [0.29, 0.717) is 12.0 Å². The molecule has 0 aliphatic heterocycles. The second-order valence-electron chi connectivity index (χ2n) is 5.47. The molecule has 3 nitrogen and oxygen atoms in total. The van der Waals surface area contributed by atoms with Crippen molar-refractivity contribution in [2.24, 2.45) is 5.92 Å². The van der Waals surface area contributed by atoms with E-state index in [1.807, 2.05) is 12.1 Å². The van der Waals surface area contributed by atoms with Gasteiger partial charge in [-0.25, -0.2) is 4.98 Å². The average molecular weight is 345 g/mol. The fraction of sp³-hybridized carbons (Fsp3) is 0.643. The lowest BCUT2D eigenvalue weighted by molar-refractivity contribution is 0.150. The molecule has 0 aromatic carbocycles. The lowest BCUT2D eigenvalue weighted by atomic mass is 9.95. The lowest BCUT2D eigenvalue weighted by Gasteiger charge is -2.35. The Morgan fingerprint density at radius 3 is 2.84 bits per heavy atom. The first-order valence-corrected chi connectivity index (χ1v) is 8.47. The Hall–Kier alpha value is -0.100. The van der Waals surface area contributed by atoms with Crippen LogP contribution in [0.4, 0.5) is 0 Å². The van der Waals surface area contributed by atoms with E-state index >= 15 is 0 Å². The summed E-state index contributed by atoms with van der Waals surface area (Å²) in [6, 6.07) is 4.30. The molecule has 2 N–H and O–H groups in total. The number of thioether (sulfide) groups is 1. The molecule has 106 valence electrons. The average Bonchev–Trinajstić information content (AvgIpc) is 3.20. The Morgan fingerprint density at radius 2 is 2.32 bits per heavy atom. The van der Waals surface area contributed by atoms with Gasteiger partial charge in [-0.1, -0.05) is 13.8 Å². The van der Waals surface area contributed by atoms with Crippen LogP contribution in [0.25, 0.3) is 0 Å². The minimum atomic E-state index is -0.171. The Labute approximate surface area is 127 Å². The van der Waals surface area contributed by atoms with Gasteiger partial charge in [0.1, 0.15) is 5.03 Å². The number of nitrogens with zero attached hydrogens (tertiary/aromatic N) is 1. The van der Waals surface area contributed by atoms with E-state index in [-0.39, 0.29) is 12.1 Å². The van der Waals surface area contributed by atoms with Crippen molar-refractivity contribution in [2.75, 3.05) is 12.4 Å². The molecule has 5 heteroatoms. The van der Waals surface area contributed by atoms with Crippen LogP contribution in [0.3, 0.4) is 0 Å². The molecule has 2 rings (SSSR count). The van der Waals surface area contributed by atoms with Gasteiger partial charge in [0.2, 0.25) is 0 Å². The van der Waals surface area contributed by atoms with Gasteiger partial charge in [-0.3, -0.25) is 0 Å². The molecule has 1 heterocycles. The van der Waals surface area contributed by atoms with Gasteiger partial charge in [0.15, 0.2) is 0 Å². The molecule has 1 aromatic heterocycles. The maximum atomic E-state index is 9.88. The van der Waals surface area contributed by atoms with E-state index in [0.717, 1.165) is 15.3 Å². The van der Waals surface area contributed by atoms with Crippen LogP contribution in [0, 0.1) is 5.92 Å². The molecule has 0 spiro atoms. The molecule has 0 bridgehead atoms. The standard InChI is InChI=1S/C14H21BrN2OS/c1-10(2)17-14(8-18,11-5-6-11)9-19-13-12(15)4-3-7-16-13/h3-4,7,10-11,17-18H,5-6,8-9H2,1-2H3. The molecule has 1 fully saturated rings. The van der Waals surface area contributed by atoms with Crippen LogP contribution in [-0.2, 0) is 0 Å². The van der Waals surface area contributed by atoms with Crippen molar-refractivity contribution in [2.45, 2.75) is 43.3 Å². The molecule has 1 aliphatic carbocycles. The number of rotatable bonds is 7. The van der Waals surface area contributed by atoms with Crippen molar-refractivity contribution < 1.29 is 5.11 Å². The third kappa shape index (κ3) is 3.94. The first kappa shape index (κ1) is 15.3. The van der Waals surface area contributed by atoms with E-state index in [1.54, 1.807) is 18.0 Å². The number of aromatic nitrogens is 1. The number of aliphatic hydroxyl groups is 1. The highest BCUT2D eigenvalue weighted by Gasteiger charge is 2.45. The van der Waals surface area contributed by atoms with Crippen LogP contribution in [0.5, 0.6) is 0 Å². The zero-order valence-electron chi connectivity index (χ0n) is 11.4. The maximum Gasteiger partial charge on any atom is 0.110 e. The van der Waals surface area contributed by atoms with E-state index < -0.39 is 0 Å². The Morgan fingerprint density at radius 1 is 1.58 bits per heavy atom. The van der Waals surface area contributed by atoms with Gasteiger partial charge in [0, 0.05) is 22.5 Å². The summed E-state index contributed by atoms with van der Waals surface area (Å²) in [6.45, 7) is 4.45. The second kappa shape index (κ2) is 6.57. The fourth-order valence-electron chi connectivity index (χ4n) is 2.38.